The van der Waals surface area contributed by atoms with Crippen LogP contribution in [0.15, 0.2) is 24.3 Å². The van der Waals surface area contributed by atoms with Crippen LogP contribution in [0.3, 0.4) is 0 Å². The van der Waals surface area contributed by atoms with Gasteiger partial charge in [-0.3, -0.25) is 9.69 Å². The second kappa shape index (κ2) is 7.59. The second-order valence-corrected chi connectivity index (χ2v) is 4.61. The van der Waals surface area contributed by atoms with Crippen molar-refractivity contribution in [3.05, 3.63) is 29.8 Å². The molecule has 1 N–H and O–H groups in total. The Labute approximate surface area is 127 Å². The van der Waals surface area contributed by atoms with E-state index in [0.717, 1.165) is 37.2 Å². The van der Waals surface area contributed by atoms with Gasteiger partial charge in [-0.15, -0.1) is 0 Å². The average Bonchev–Trinajstić information content (AvgIpc) is 2.40. The van der Waals surface area contributed by atoms with E-state index in [1.165, 1.54) is 6.42 Å². The minimum Gasteiger partial charge on any atom is -1.00 e. The fourth-order valence-electron chi connectivity index (χ4n) is 2.47. The van der Waals surface area contributed by atoms with E-state index < -0.39 is 12.0 Å². The fourth-order valence-corrected chi connectivity index (χ4v) is 2.47. The molecule has 5 heteroatoms. The standard InChI is InChI=1S/C14H19NO3.Li.H/c1-18-12-7-5-11(6-8-12)13(14(16)17)15-9-3-2-4-10-15;;/h5-8,13H,2-4,9-10H2,1H3,(H,16,17);;/q;+1;-1. The number of rotatable bonds is 4. The van der Waals surface area contributed by atoms with Gasteiger partial charge in [-0.25, -0.2) is 0 Å². The number of likely N-dealkylation sites (tertiary alicyclic amines) is 1. The van der Waals surface area contributed by atoms with Gasteiger partial charge in [0.15, 0.2) is 0 Å². The van der Waals surface area contributed by atoms with Crippen molar-refractivity contribution < 1.29 is 34.9 Å². The molecule has 0 aliphatic carbocycles. The SMILES string of the molecule is COc1ccc(C(C(=O)O)N2CCCCC2)cc1.[H-].[Li+]. The van der Waals surface area contributed by atoms with E-state index in [-0.39, 0.29) is 20.3 Å². The number of aliphatic carboxylic acids is 1. The number of hydrogen-bond acceptors (Lipinski definition) is 3. The molecule has 1 heterocycles. The summed E-state index contributed by atoms with van der Waals surface area (Å²) in [5.41, 5.74) is 0.824. The molecule has 1 aromatic carbocycles. The maximum Gasteiger partial charge on any atom is 1.00 e. The Balaban J connectivity index is 0.00000180. The van der Waals surface area contributed by atoms with E-state index in [1.54, 1.807) is 7.11 Å². The Morgan fingerprint density at radius 3 is 2.32 bits per heavy atom. The Morgan fingerprint density at radius 2 is 1.84 bits per heavy atom. The number of carboxylic acid groups (broad SMARTS) is 1. The number of hydrogen-bond donors (Lipinski definition) is 1. The maximum atomic E-state index is 11.5. The van der Waals surface area contributed by atoms with Crippen LogP contribution in [0.5, 0.6) is 5.75 Å². The third kappa shape index (κ3) is 4.00. The van der Waals surface area contributed by atoms with E-state index in [4.69, 9.17) is 4.74 Å². The smallest absolute Gasteiger partial charge is 1.00 e. The zero-order chi connectivity index (χ0) is 13.0. The summed E-state index contributed by atoms with van der Waals surface area (Å²) in [5, 5.41) is 9.43. The molecule has 1 atom stereocenters. The first-order valence-electron chi connectivity index (χ1n) is 6.33. The first-order valence-corrected chi connectivity index (χ1v) is 6.33. The van der Waals surface area contributed by atoms with Crippen LogP contribution in [-0.4, -0.2) is 36.2 Å². The quantitative estimate of drug-likeness (QED) is 0.733. The molecule has 0 radical (unpaired) electrons. The van der Waals surface area contributed by atoms with Crippen LogP contribution in [0.25, 0.3) is 0 Å². The van der Waals surface area contributed by atoms with Crippen molar-refractivity contribution in [2.45, 2.75) is 25.3 Å². The van der Waals surface area contributed by atoms with Gasteiger partial charge in [0.2, 0.25) is 0 Å². The minimum atomic E-state index is -0.776. The van der Waals surface area contributed by atoms with Crippen LogP contribution in [0.2, 0.25) is 0 Å². The topological polar surface area (TPSA) is 49.8 Å². The van der Waals surface area contributed by atoms with Crippen LogP contribution in [-0.2, 0) is 4.79 Å². The Hall–Kier alpha value is -0.953. The van der Waals surface area contributed by atoms with Crippen molar-refractivity contribution in [1.82, 2.24) is 4.90 Å². The summed E-state index contributed by atoms with van der Waals surface area (Å²) in [6.45, 7) is 1.73. The maximum absolute atomic E-state index is 11.5. The van der Waals surface area contributed by atoms with Crippen molar-refractivity contribution in [1.29, 1.82) is 0 Å². The molecule has 19 heavy (non-hydrogen) atoms. The zero-order valence-corrected chi connectivity index (χ0v) is 11.6. The number of carboxylic acids is 1. The van der Waals surface area contributed by atoms with Crippen LogP contribution >= 0.6 is 0 Å². The minimum absolute atomic E-state index is 0. The normalized spacial score (nSPS) is 17.3. The van der Waals surface area contributed by atoms with Crippen molar-refractivity contribution in [2.24, 2.45) is 0 Å². The van der Waals surface area contributed by atoms with Gasteiger partial charge in [0.25, 0.3) is 0 Å². The molecule has 1 aliphatic rings. The van der Waals surface area contributed by atoms with Crippen LogP contribution in [0, 0.1) is 0 Å². The van der Waals surface area contributed by atoms with E-state index in [9.17, 15) is 9.90 Å². The van der Waals surface area contributed by atoms with Gasteiger partial charge >= 0.3 is 24.8 Å². The van der Waals surface area contributed by atoms with E-state index in [2.05, 4.69) is 0 Å². The van der Waals surface area contributed by atoms with Gasteiger partial charge in [0.05, 0.1) is 7.11 Å². The predicted octanol–water partition coefficient (Wildman–Crippen LogP) is -0.577. The van der Waals surface area contributed by atoms with Crippen molar-refractivity contribution in [3.63, 3.8) is 0 Å². The summed E-state index contributed by atoms with van der Waals surface area (Å²) in [5.74, 6) is -0.0244. The molecule has 1 aliphatic heterocycles. The van der Waals surface area contributed by atoms with Gasteiger partial charge < -0.3 is 11.3 Å². The number of ether oxygens (including phenoxy) is 1. The summed E-state index contributed by atoms with van der Waals surface area (Å²) in [6.07, 6.45) is 3.37. The van der Waals surface area contributed by atoms with Crippen LogP contribution < -0.4 is 23.6 Å². The largest absolute Gasteiger partial charge is 1.00 e. The molecule has 1 aromatic rings. The zero-order valence-electron chi connectivity index (χ0n) is 12.6. The first-order chi connectivity index (χ1) is 8.72. The van der Waals surface area contributed by atoms with Crippen LogP contribution in [0.1, 0.15) is 32.3 Å². The number of nitrogens with zero attached hydrogens (tertiary/aromatic N) is 1. The number of methoxy groups -OCH3 is 1. The van der Waals surface area contributed by atoms with Crippen molar-refractivity contribution in [2.75, 3.05) is 20.2 Å². The molecule has 0 aromatic heterocycles. The summed E-state index contributed by atoms with van der Waals surface area (Å²) in [6, 6.07) is 6.78. The number of benzene rings is 1. The monoisotopic (exact) mass is 257 g/mol. The summed E-state index contributed by atoms with van der Waals surface area (Å²) in [7, 11) is 1.61. The van der Waals surface area contributed by atoms with E-state index >= 15 is 0 Å². The molecule has 0 amide bonds. The summed E-state index contributed by atoms with van der Waals surface area (Å²) in [4.78, 5) is 13.5. The molecule has 0 bridgehead atoms. The van der Waals surface area contributed by atoms with Crippen molar-refractivity contribution >= 4 is 5.97 Å². The molecule has 0 saturated carbocycles. The van der Waals surface area contributed by atoms with Gasteiger partial charge in [0.1, 0.15) is 11.8 Å². The third-order valence-corrected chi connectivity index (χ3v) is 3.42. The number of carbonyl (C=O) groups is 1. The van der Waals surface area contributed by atoms with E-state index in [1.807, 2.05) is 29.2 Å². The second-order valence-electron chi connectivity index (χ2n) is 4.61. The molecule has 100 valence electrons. The molecule has 1 unspecified atom stereocenters. The van der Waals surface area contributed by atoms with Crippen LogP contribution in [0.4, 0.5) is 0 Å². The van der Waals surface area contributed by atoms with Gasteiger partial charge in [-0.05, 0) is 43.6 Å². The number of piperidine rings is 1. The molecule has 1 saturated heterocycles. The summed E-state index contributed by atoms with van der Waals surface area (Å²) >= 11 is 0. The fraction of sp³-hybridized carbons (Fsp3) is 0.500. The Kier molecular flexibility index (Phi) is 6.43. The first kappa shape index (κ1) is 16.1. The predicted molar refractivity (Wildman–Crippen MR) is 69.9 cm³/mol. The average molecular weight is 257 g/mol. The summed E-state index contributed by atoms with van der Waals surface area (Å²) < 4.78 is 5.09. The molecule has 2 rings (SSSR count). The molecule has 1 fully saturated rings. The Bertz CT molecular complexity index is 407. The van der Waals surface area contributed by atoms with Gasteiger partial charge in [-0.1, -0.05) is 18.6 Å². The molecular weight excluding hydrogens is 237 g/mol. The van der Waals surface area contributed by atoms with Gasteiger partial charge in [0, 0.05) is 0 Å². The molecule has 4 nitrogen and oxygen atoms in total. The Morgan fingerprint density at radius 1 is 1.26 bits per heavy atom. The molecule has 0 spiro atoms. The van der Waals surface area contributed by atoms with E-state index in [0.29, 0.717) is 0 Å². The van der Waals surface area contributed by atoms with Crippen molar-refractivity contribution in [3.8, 4) is 5.75 Å². The van der Waals surface area contributed by atoms with Gasteiger partial charge in [-0.2, -0.15) is 0 Å². The third-order valence-electron chi connectivity index (χ3n) is 3.42. The molecular formula is C14H20LiNO3.